The lowest BCUT2D eigenvalue weighted by Gasteiger charge is -2.34. The molecule has 81 heavy (non-hydrogen) atoms. The van der Waals surface area contributed by atoms with Gasteiger partial charge in [0.2, 0.25) is 11.9 Å². The second-order valence-corrected chi connectivity index (χ2v) is 25.3. The largest absolute Gasteiger partial charge is 0.492 e. The lowest BCUT2D eigenvalue weighted by atomic mass is 10.1. The Morgan fingerprint density at radius 3 is 1.60 bits per heavy atom. The van der Waals surface area contributed by atoms with Crippen molar-refractivity contribution < 1.29 is 66.7 Å². The zero-order valence-corrected chi connectivity index (χ0v) is 51.4. The highest BCUT2D eigenvalue weighted by atomic mass is 16.6. The fourth-order valence-electron chi connectivity index (χ4n) is 7.20. The van der Waals surface area contributed by atoms with Crippen LogP contribution in [-0.2, 0) is 39.8 Å². The first-order valence-electron chi connectivity index (χ1n) is 27.7. The summed E-state index contributed by atoms with van der Waals surface area (Å²) >= 11 is 0. The number of hydrogen-bond acceptors (Lipinski definition) is 15. The van der Waals surface area contributed by atoms with E-state index in [0.29, 0.717) is 56.1 Å². The SMILES string of the molecule is CC(C)(C)OC(=O)/N=C(/NCCCCCCCCN(C(=O)OC(C)(C)C)/C(=N/C(=O)OC(C)(C)C)N(CCOc1ccc(C2=NCC(OCc3ccccc3)CN2C(=O)OC(C)(C)C)cc1)C(=O)OC(C)(C)C)NC(=O)OC(C)(C)C. The number of carbonyl (C=O) groups is 6. The smallest absolute Gasteiger partial charge is 0.437 e. The molecule has 1 unspecified atom stereocenters. The van der Waals surface area contributed by atoms with Gasteiger partial charge in [0.25, 0.3) is 0 Å². The molecular formula is C59H92N8O14. The van der Waals surface area contributed by atoms with Gasteiger partial charge in [-0.3, -0.25) is 15.2 Å². The van der Waals surface area contributed by atoms with E-state index in [4.69, 9.17) is 42.9 Å². The minimum atomic E-state index is -1.06. The number of nitrogens with zero attached hydrogens (tertiary/aromatic N) is 6. The van der Waals surface area contributed by atoms with E-state index >= 15 is 0 Å². The van der Waals surface area contributed by atoms with Gasteiger partial charge in [-0.05, 0) is 167 Å². The molecule has 1 heterocycles. The summed E-state index contributed by atoms with van der Waals surface area (Å²) in [6.07, 6.45) is -1.56. The molecule has 2 aromatic carbocycles. The number of guanidine groups is 2. The van der Waals surface area contributed by atoms with Crippen molar-refractivity contribution in [1.29, 1.82) is 0 Å². The highest BCUT2D eigenvalue weighted by Crippen LogP contribution is 2.23. The number of carbonyl (C=O) groups excluding carboxylic acids is 6. The van der Waals surface area contributed by atoms with Crippen molar-refractivity contribution >= 4 is 54.3 Å². The predicted octanol–water partition coefficient (Wildman–Crippen LogP) is 12.2. The lowest BCUT2D eigenvalue weighted by Crippen LogP contribution is -2.53. The molecule has 2 aromatic rings. The maximum atomic E-state index is 14.3. The minimum absolute atomic E-state index is 0.0232. The maximum absolute atomic E-state index is 14.3. The van der Waals surface area contributed by atoms with Gasteiger partial charge < -0.3 is 43.2 Å². The van der Waals surface area contributed by atoms with Crippen molar-refractivity contribution in [2.75, 3.05) is 39.3 Å². The molecule has 0 saturated carbocycles. The molecule has 0 saturated heterocycles. The van der Waals surface area contributed by atoms with E-state index in [-0.39, 0.29) is 44.3 Å². The van der Waals surface area contributed by atoms with Crippen LogP contribution < -0.4 is 15.4 Å². The van der Waals surface area contributed by atoms with E-state index in [1.807, 2.05) is 30.3 Å². The Labute approximate surface area is 480 Å². The fraction of sp³-hybridized carbons (Fsp3) is 0.644. The molecule has 2 N–H and O–H groups in total. The van der Waals surface area contributed by atoms with Crippen LogP contribution in [0.25, 0.3) is 0 Å². The van der Waals surface area contributed by atoms with Crippen molar-refractivity contribution in [1.82, 2.24) is 25.3 Å². The van der Waals surface area contributed by atoms with Crippen molar-refractivity contribution in [2.45, 2.75) is 209 Å². The quantitative estimate of drug-likeness (QED) is 0.0647. The fourth-order valence-corrected chi connectivity index (χ4v) is 7.20. The van der Waals surface area contributed by atoms with Gasteiger partial charge in [-0.1, -0.05) is 56.0 Å². The molecule has 0 fully saturated rings. The third kappa shape index (κ3) is 28.8. The number of hydrogen-bond donors (Lipinski definition) is 2. The summed E-state index contributed by atoms with van der Waals surface area (Å²) in [6.45, 7) is 31.6. The second-order valence-electron chi connectivity index (χ2n) is 25.3. The molecule has 1 aliphatic rings. The van der Waals surface area contributed by atoms with Crippen molar-refractivity contribution in [2.24, 2.45) is 15.0 Å². The van der Waals surface area contributed by atoms with E-state index < -0.39 is 70.2 Å². The lowest BCUT2D eigenvalue weighted by molar-refractivity contribution is 0.00614. The second kappa shape index (κ2) is 30.2. The summed E-state index contributed by atoms with van der Waals surface area (Å²) in [7, 11) is 0. The number of ether oxygens (including phenoxy) is 8. The maximum Gasteiger partial charge on any atom is 0.437 e. The summed E-state index contributed by atoms with van der Waals surface area (Å²) in [5.41, 5.74) is -3.73. The summed E-state index contributed by atoms with van der Waals surface area (Å²) in [6, 6.07) is 16.6. The van der Waals surface area contributed by atoms with Crippen molar-refractivity contribution in [3.05, 3.63) is 65.7 Å². The van der Waals surface area contributed by atoms with Crippen LogP contribution in [-0.4, -0.2) is 148 Å². The van der Waals surface area contributed by atoms with E-state index in [1.165, 1.54) is 4.90 Å². The molecule has 0 aliphatic carbocycles. The van der Waals surface area contributed by atoms with Crippen LogP contribution in [0.1, 0.15) is 174 Å². The third-order valence-electron chi connectivity index (χ3n) is 10.3. The van der Waals surface area contributed by atoms with Gasteiger partial charge in [0.1, 0.15) is 51.8 Å². The van der Waals surface area contributed by atoms with Gasteiger partial charge in [0.15, 0.2) is 0 Å². The topological polar surface area (TPSA) is 247 Å². The highest BCUT2D eigenvalue weighted by Gasteiger charge is 2.37. The molecule has 0 radical (unpaired) electrons. The minimum Gasteiger partial charge on any atom is -0.492 e. The van der Waals surface area contributed by atoms with Crippen molar-refractivity contribution in [3.8, 4) is 5.75 Å². The Kier molecular flexibility index (Phi) is 25.5. The average Bonchev–Trinajstić information content (AvgIpc) is 3.34. The normalized spacial score (nSPS) is 14.7. The van der Waals surface area contributed by atoms with E-state index in [1.54, 1.807) is 149 Å². The number of alkyl carbamates (subject to hydrolysis) is 1. The van der Waals surface area contributed by atoms with Crippen LogP contribution in [0.2, 0.25) is 0 Å². The Bertz CT molecular complexity index is 2470. The van der Waals surface area contributed by atoms with Gasteiger partial charge in [-0.15, -0.1) is 9.98 Å². The number of amidine groups is 1. The number of aliphatic imine (C=N–C) groups is 3. The third-order valence-corrected chi connectivity index (χ3v) is 10.3. The van der Waals surface area contributed by atoms with Crippen LogP contribution in [0.3, 0.4) is 0 Å². The molecule has 22 nitrogen and oxygen atoms in total. The van der Waals surface area contributed by atoms with Crippen LogP contribution in [0.15, 0.2) is 69.6 Å². The molecule has 0 bridgehead atoms. The van der Waals surface area contributed by atoms with Crippen molar-refractivity contribution in [3.63, 3.8) is 0 Å². The van der Waals surface area contributed by atoms with Gasteiger partial charge in [-0.25, -0.2) is 38.6 Å². The van der Waals surface area contributed by atoms with Gasteiger partial charge in [0, 0.05) is 18.7 Å². The molecule has 0 spiro atoms. The number of nitrogens with one attached hydrogen (secondary N) is 2. The Morgan fingerprint density at radius 2 is 1.07 bits per heavy atom. The number of unbranched alkanes of at least 4 members (excludes halogenated alkanes) is 5. The molecule has 3 rings (SSSR count). The first-order chi connectivity index (χ1) is 37.3. The Balaban J connectivity index is 1.85. The van der Waals surface area contributed by atoms with Crippen LogP contribution >= 0.6 is 0 Å². The van der Waals surface area contributed by atoms with Gasteiger partial charge >= 0.3 is 36.6 Å². The number of amides is 6. The monoisotopic (exact) mass is 1140 g/mol. The van der Waals surface area contributed by atoms with E-state index in [0.717, 1.165) is 34.6 Å². The first-order valence-corrected chi connectivity index (χ1v) is 27.7. The molecular weight excluding hydrogens is 1040 g/mol. The van der Waals surface area contributed by atoms with Gasteiger partial charge in [-0.2, -0.15) is 0 Å². The number of benzene rings is 2. The standard InChI is InChI=1S/C59H92N8O14/c1-54(2,3)76-48(68)62-46(63-49(69)77-55(4,5)6)60-34-26-21-19-20-22-27-35-65(51(71)79-57(10,11)12)47(64-50(70)78-56(7,8)9)66(52(72)80-58(13,14)15)36-37-74-43-32-30-42(31-33-43)45-61-38-44(75-40-41-28-24-23-25-29-41)39-67(45)53(73)81-59(16,17)18/h23-25,28-33,44H,19-22,26-27,34-40H2,1-18H3,(H2,60,62,63,68,69)/b64-47-. The van der Waals surface area contributed by atoms with E-state index in [2.05, 4.69) is 20.6 Å². The van der Waals surface area contributed by atoms with Crippen LogP contribution in [0, 0.1) is 0 Å². The Morgan fingerprint density at radius 1 is 0.580 bits per heavy atom. The summed E-state index contributed by atoms with van der Waals surface area (Å²) in [4.78, 5) is 97.5. The summed E-state index contributed by atoms with van der Waals surface area (Å²) in [5, 5.41) is 5.47. The average molecular weight is 1140 g/mol. The predicted molar refractivity (Wildman–Crippen MR) is 310 cm³/mol. The van der Waals surface area contributed by atoms with Gasteiger partial charge in [0.05, 0.1) is 32.3 Å². The molecule has 1 aliphatic heterocycles. The summed E-state index contributed by atoms with van der Waals surface area (Å²) in [5.74, 6) is 0.304. The molecule has 0 aromatic heterocycles. The van der Waals surface area contributed by atoms with E-state index in [9.17, 15) is 28.8 Å². The highest BCUT2D eigenvalue weighted by molar-refractivity contribution is 6.07. The van der Waals surface area contributed by atoms with Crippen LogP contribution in [0.5, 0.6) is 5.75 Å². The molecule has 22 heteroatoms. The summed E-state index contributed by atoms with van der Waals surface area (Å²) < 4.78 is 46.1. The molecule has 6 amide bonds. The zero-order valence-electron chi connectivity index (χ0n) is 51.4. The zero-order chi connectivity index (χ0) is 61.0. The Hall–Kier alpha value is -6.97. The molecule has 452 valence electrons. The number of rotatable bonds is 17. The molecule has 1 atom stereocenters. The van der Waals surface area contributed by atoms with Crippen LogP contribution in [0.4, 0.5) is 28.8 Å². The first kappa shape index (κ1) is 68.3.